The van der Waals surface area contributed by atoms with Gasteiger partial charge in [-0.05, 0) is 6.07 Å². The van der Waals surface area contributed by atoms with Crippen LogP contribution in [0.3, 0.4) is 0 Å². The van der Waals surface area contributed by atoms with Crippen LogP contribution in [0.2, 0.25) is 0 Å². The van der Waals surface area contributed by atoms with Crippen molar-refractivity contribution < 1.29 is 23.9 Å². The molecule has 0 aromatic carbocycles. The molecule has 1 aromatic rings. The molecule has 2 heterocycles. The summed E-state index contributed by atoms with van der Waals surface area (Å²) >= 11 is 0. The summed E-state index contributed by atoms with van der Waals surface area (Å²) in [7, 11) is 1.51. The van der Waals surface area contributed by atoms with Crippen molar-refractivity contribution in [2.75, 3.05) is 13.6 Å². The third-order valence-corrected chi connectivity index (χ3v) is 2.50. The topological polar surface area (TPSA) is 91.1 Å². The minimum atomic E-state index is -1.22. The van der Waals surface area contributed by atoms with Gasteiger partial charge in [0, 0.05) is 12.6 Å². The number of hydrogen-bond acceptors (Lipinski definition) is 4. The van der Waals surface area contributed by atoms with Crippen molar-refractivity contribution in [3.8, 4) is 0 Å². The van der Waals surface area contributed by atoms with E-state index < -0.39 is 12.0 Å². The number of likely N-dealkylation sites (N-methyl/N-ethyl adjacent to an activating group) is 1. The van der Waals surface area contributed by atoms with E-state index in [0.717, 1.165) is 4.90 Å². The maximum Gasteiger partial charge on any atom is 0.372 e. The first-order valence-electron chi connectivity index (χ1n) is 4.86. The second-order valence-electron chi connectivity index (χ2n) is 3.70. The van der Waals surface area contributed by atoms with Crippen molar-refractivity contribution in [3.05, 3.63) is 23.7 Å². The van der Waals surface area contributed by atoms with Crippen molar-refractivity contribution in [2.45, 2.75) is 6.54 Å². The zero-order valence-electron chi connectivity index (χ0n) is 9.04. The van der Waals surface area contributed by atoms with Gasteiger partial charge in [0.1, 0.15) is 6.54 Å². The lowest BCUT2D eigenvalue weighted by atomic mass is 10.2. The maximum absolute atomic E-state index is 11.6. The van der Waals surface area contributed by atoms with Crippen LogP contribution in [0.15, 0.2) is 16.7 Å². The van der Waals surface area contributed by atoms with Crippen LogP contribution in [0.25, 0.3) is 0 Å². The third kappa shape index (κ3) is 1.86. The van der Waals surface area contributed by atoms with Gasteiger partial charge in [-0.25, -0.2) is 9.59 Å². The second-order valence-corrected chi connectivity index (χ2v) is 3.70. The molecule has 0 saturated carbocycles. The lowest BCUT2D eigenvalue weighted by molar-refractivity contribution is -0.125. The highest BCUT2D eigenvalue weighted by atomic mass is 16.4. The van der Waals surface area contributed by atoms with Crippen molar-refractivity contribution in [1.29, 1.82) is 0 Å². The molecule has 0 radical (unpaired) electrons. The van der Waals surface area contributed by atoms with E-state index in [4.69, 9.17) is 9.52 Å². The molecular weight excluding hydrogens is 228 g/mol. The van der Waals surface area contributed by atoms with Crippen LogP contribution in [-0.2, 0) is 11.3 Å². The summed E-state index contributed by atoms with van der Waals surface area (Å²) in [5.74, 6) is -1.83. The summed E-state index contributed by atoms with van der Waals surface area (Å²) in [4.78, 5) is 36.1. The van der Waals surface area contributed by atoms with Gasteiger partial charge in [-0.1, -0.05) is 0 Å². The van der Waals surface area contributed by atoms with E-state index in [2.05, 4.69) is 0 Å². The average molecular weight is 238 g/mol. The summed E-state index contributed by atoms with van der Waals surface area (Å²) in [5, 5.41) is 8.82. The summed E-state index contributed by atoms with van der Waals surface area (Å²) < 4.78 is 4.77. The normalized spacial score (nSPS) is 15.8. The van der Waals surface area contributed by atoms with Gasteiger partial charge in [0.2, 0.25) is 5.76 Å². The van der Waals surface area contributed by atoms with Gasteiger partial charge in [-0.15, -0.1) is 0 Å². The number of hydrogen-bond donors (Lipinski definition) is 1. The van der Waals surface area contributed by atoms with Crippen molar-refractivity contribution in [3.63, 3.8) is 0 Å². The first kappa shape index (κ1) is 11.2. The fraction of sp³-hybridized carbons (Fsp3) is 0.300. The molecule has 7 nitrogen and oxygen atoms in total. The average Bonchev–Trinajstić information content (AvgIpc) is 2.80. The highest BCUT2D eigenvalue weighted by Gasteiger charge is 2.34. The molecule has 0 atom stereocenters. The Kier molecular flexibility index (Phi) is 2.58. The molecule has 1 saturated heterocycles. The van der Waals surface area contributed by atoms with Crippen molar-refractivity contribution >= 4 is 17.9 Å². The lowest BCUT2D eigenvalue weighted by Crippen LogP contribution is -2.31. The van der Waals surface area contributed by atoms with Crippen LogP contribution < -0.4 is 0 Å². The predicted molar refractivity (Wildman–Crippen MR) is 54.2 cm³/mol. The molecule has 17 heavy (non-hydrogen) atoms. The van der Waals surface area contributed by atoms with Crippen LogP contribution >= 0.6 is 0 Å². The monoisotopic (exact) mass is 238 g/mol. The molecule has 0 unspecified atom stereocenters. The van der Waals surface area contributed by atoms with Gasteiger partial charge in [0.25, 0.3) is 5.91 Å². The number of carboxylic acids is 1. The first-order valence-corrected chi connectivity index (χ1v) is 4.86. The van der Waals surface area contributed by atoms with Crippen molar-refractivity contribution in [1.82, 2.24) is 9.80 Å². The fourth-order valence-corrected chi connectivity index (χ4v) is 1.64. The van der Waals surface area contributed by atoms with E-state index in [1.807, 2.05) is 0 Å². The molecule has 0 aliphatic carbocycles. The van der Waals surface area contributed by atoms with Gasteiger partial charge < -0.3 is 14.4 Å². The molecule has 90 valence electrons. The van der Waals surface area contributed by atoms with Crippen LogP contribution in [0.4, 0.5) is 4.79 Å². The summed E-state index contributed by atoms with van der Waals surface area (Å²) in [6.45, 7) is -0.0702. The van der Waals surface area contributed by atoms with Crippen LogP contribution in [0, 0.1) is 0 Å². The molecule has 1 aliphatic rings. The van der Waals surface area contributed by atoms with E-state index in [1.165, 1.54) is 24.3 Å². The Labute approximate surface area is 96.2 Å². The lowest BCUT2D eigenvalue weighted by Gasteiger charge is -2.13. The number of urea groups is 1. The number of imide groups is 1. The number of carboxylic acid groups (broad SMARTS) is 1. The summed E-state index contributed by atoms with van der Waals surface area (Å²) in [5.41, 5.74) is 0.300. The van der Waals surface area contributed by atoms with Crippen LogP contribution in [0.5, 0.6) is 0 Å². The third-order valence-electron chi connectivity index (χ3n) is 2.50. The molecule has 2 rings (SSSR count). The van der Waals surface area contributed by atoms with Gasteiger partial charge >= 0.3 is 12.0 Å². The van der Waals surface area contributed by atoms with E-state index in [9.17, 15) is 14.4 Å². The molecule has 1 N–H and O–H groups in total. The molecule has 3 amide bonds. The van der Waals surface area contributed by atoms with Gasteiger partial charge in [-0.3, -0.25) is 9.69 Å². The Hall–Kier alpha value is -2.31. The van der Waals surface area contributed by atoms with E-state index >= 15 is 0 Å². The van der Waals surface area contributed by atoms with E-state index in [1.54, 1.807) is 0 Å². The molecular formula is C10H10N2O5. The fourth-order valence-electron chi connectivity index (χ4n) is 1.64. The SMILES string of the molecule is CN1CC(=O)N(Cc2ccoc2C(=O)O)C1=O. The Balaban J connectivity index is 2.21. The molecule has 1 fully saturated rings. The van der Waals surface area contributed by atoms with Gasteiger partial charge in [0.15, 0.2) is 0 Å². The maximum atomic E-state index is 11.6. The minimum absolute atomic E-state index is 0.0130. The standard InChI is InChI=1S/C10H10N2O5/c1-11-5-7(13)12(10(11)16)4-6-2-3-17-8(6)9(14)15/h2-3H,4-5H2,1H3,(H,14,15). The number of amides is 3. The number of nitrogens with zero attached hydrogens (tertiary/aromatic N) is 2. The Bertz CT molecular complexity index is 493. The summed E-state index contributed by atoms with van der Waals surface area (Å²) in [6, 6.07) is 0.995. The number of carbonyl (C=O) groups is 3. The summed E-state index contributed by atoms with van der Waals surface area (Å²) in [6.07, 6.45) is 1.22. The Morgan fingerprint density at radius 2 is 2.24 bits per heavy atom. The molecule has 0 spiro atoms. The number of furan rings is 1. The second kappa shape index (κ2) is 3.93. The van der Waals surface area contributed by atoms with Gasteiger partial charge in [-0.2, -0.15) is 0 Å². The van der Waals surface area contributed by atoms with E-state index in [-0.39, 0.29) is 24.8 Å². The molecule has 0 bridgehead atoms. The zero-order chi connectivity index (χ0) is 12.6. The first-order chi connectivity index (χ1) is 8.00. The highest BCUT2D eigenvalue weighted by Crippen LogP contribution is 2.17. The van der Waals surface area contributed by atoms with E-state index in [0.29, 0.717) is 5.56 Å². The zero-order valence-corrected chi connectivity index (χ0v) is 9.04. The molecule has 1 aromatic heterocycles. The van der Waals surface area contributed by atoms with Crippen molar-refractivity contribution in [2.24, 2.45) is 0 Å². The van der Waals surface area contributed by atoms with Crippen LogP contribution in [0.1, 0.15) is 16.1 Å². The number of carbonyl (C=O) groups excluding carboxylic acids is 2. The Morgan fingerprint density at radius 1 is 1.53 bits per heavy atom. The quantitative estimate of drug-likeness (QED) is 0.768. The highest BCUT2D eigenvalue weighted by molar-refractivity contribution is 6.01. The smallest absolute Gasteiger partial charge is 0.372 e. The Morgan fingerprint density at radius 3 is 2.76 bits per heavy atom. The van der Waals surface area contributed by atoms with Gasteiger partial charge in [0.05, 0.1) is 12.8 Å². The largest absolute Gasteiger partial charge is 0.475 e. The number of aromatic carboxylic acids is 1. The van der Waals surface area contributed by atoms with Crippen LogP contribution in [-0.4, -0.2) is 46.4 Å². The number of rotatable bonds is 3. The predicted octanol–water partition coefficient (Wildman–Crippen LogP) is 0.372. The minimum Gasteiger partial charge on any atom is -0.475 e. The molecule has 1 aliphatic heterocycles. The molecule has 7 heteroatoms.